The van der Waals surface area contributed by atoms with E-state index in [-0.39, 0.29) is 41.1 Å². The van der Waals surface area contributed by atoms with E-state index in [1.165, 1.54) is 11.1 Å². The molecule has 2 N–H and O–H groups in total. The second kappa shape index (κ2) is 13.9. The van der Waals surface area contributed by atoms with Crippen LogP contribution in [0.2, 0.25) is 5.02 Å². The van der Waals surface area contributed by atoms with Crippen molar-refractivity contribution in [1.29, 1.82) is 0 Å². The van der Waals surface area contributed by atoms with E-state index in [9.17, 15) is 23.1 Å². The second-order valence-electron chi connectivity index (χ2n) is 14.8. The minimum atomic E-state index is -4.02. The van der Waals surface area contributed by atoms with E-state index in [2.05, 4.69) is 21.8 Å². The smallest absolute Gasteiger partial charge is 0.264 e. The molecule has 1 saturated carbocycles. The van der Waals surface area contributed by atoms with Gasteiger partial charge in [-0.25, -0.2) is 13.1 Å². The lowest BCUT2D eigenvalue weighted by Crippen LogP contribution is -2.53. The van der Waals surface area contributed by atoms with Crippen LogP contribution in [-0.4, -0.2) is 73.9 Å². The highest BCUT2D eigenvalue weighted by Gasteiger charge is 2.49. The highest BCUT2D eigenvalue weighted by Crippen LogP contribution is 2.49. The number of hydrogen-bond acceptors (Lipinski definition) is 7. The monoisotopic (exact) mass is 711 g/mol. The Labute approximate surface area is 296 Å². The van der Waals surface area contributed by atoms with Gasteiger partial charge < -0.3 is 19.6 Å². The van der Waals surface area contributed by atoms with Gasteiger partial charge in [0.25, 0.3) is 5.91 Å². The third-order valence-electron chi connectivity index (χ3n) is 11.8. The summed E-state index contributed by atoms with van der Waals surface area (Å²) in [6, 6.07) is 11.2. The number of ether oxygens (including phenoxy) is 1. The number of nitrogens with zero attached hydrogens (tertiary/aromatic N) is 2. The van der Waals surface area contributed by atoms with E-state index in [0.29, 0.717) is 50.0 Å². The first-order chi connectivity index (χ1) is 23.3. The Balaban J connectivity index is 1.44. The normalized spacial score (nSPS) is 31.6. The van der Waals surface area contributed by atoms with Crippen molar-refractivity contribution in [3.63, 3.8) is 0 Å². The number of fused-ring (bicyclic) bond motifs is 4. The van der Waals surface area contributed by atoms with Gasteiger partial charge in [0.05, 0.1) is 29.6 Å². The molecule has 0 radical (unpaired) electrons. The third-order valence-corrected chi connectivity index (χ3v) is 14.0. The highest BCUT2D eigenvalue weighted by atomic mass is 35.5. The van der Waals surface area contributed by atoms with Gasteiger partial charge in [0.2, 0.25) is 15.9 Å². The van der Waals surface area contributed by atoms with Crippen molar-refractivity contribution < 1.29 is 27.9 Å². The minimum absolute atomic E-state index is 0.0352. The number of amides is 2. The quantitative estimate of drug-likeness (QED) is 0.381. The Morgan fingerprint density at radius 3 is 2.63 bits per heavy atom. The fourth-order valence-corrected chi connectivity index (χ4v) is 9.97. The lowest BCUT2D eigenvalue weighted by atomic mass is 9.63. The van der Waals surface area contributed by atoms with Crippen molar-refractivity contribution in [1.82, 2.24) is 9.62 Å². The van der Waals surface area contributed by atoms with Crippen LogP contribution >= 0.6 is 11.6 Å². The summed E-state index contributed by atoms with van der Waals surface area (Å²) in [6.07, 6.45) is 8.39. The molecule has 9 nitrogen and oxygen atoms in total. The molecule has 2 aliphatic heterocycles. The van der Waals surface area contributed by atoms with E-state index in [0.717, 1.165) is 37.8 Å². The number of carbonyl (C=O) groups is 2. The van der Waals surface area contributed by atoms with Crippen molar-refractivity contribution in [3.05, 3.63) is 70.3 Å². The van der Waals surface area contributed by atoms with Crippen molar-refractivity contribution in [2.75, 3.05) is 37.7 Å². The molecular formula is C38H50ClN3O6S. The van der Waals surface area contributed by atoms with Crippen LogP contribution in [0.3, 0.4) is 0 Å². The summed E-state index contributed by atoms with van der Waals surface area (Å²) in [7, 11) is -4.02. The predicted octanol–water partition coefficient (Wildman–Crippen LogP) is 5.87. The average molecular weight is 712 g/mol. The van der Waals surface area contributed by atoms with E-state index in [1.54, 1.807) is 36.1 Å². The number of rotatable bonds is 4. The fraction of sp³-hybridized carbons (Fsp3) is 0.579. The van der Waals surface area contributed by atoms with Gasteiger partial charge in [0.1, 0.15) is 5.75 Å². The molecule has 4 aliphatic rings. The first-order valence-electron chi connectivity index (χ1n) is 17.8. The second-order valence-corrected chi connectivity index (χ2v) is 17.2. The number of benzene rings is 2. The Kier molecular flexibility index (Phi) is 10.1. The Morgan fingerprint density at radius 2 is 1.92 bits per heavy atom. The molecule has 2 amide bonds. The number of anilines is 1. The summed E-state index contributed by atoms with van der Waals surface area (Å²) >= 11 is 6.44. The van der Waals surface area contributed by atoms with Crippen molar-refractivity contribution in [3.8, 4) is 5.75 Å². The molecule has 266 valence electrons. The van der Waals surface area contributed by atoms with Crippen LogP contribution in [-0.2, 0) is 26.7 Å². The molecule has 2 heterocycles. The molecule has 0 unspecified atom stereocenters. The zero-order valence-electron chi connectivity index (χ0n) is 29.1. The summed E-state index contributed by atoms with van der Waals surface area (Å²) in [4.78, 5) is 31.0. The number of aliphatic hydroxyl groups is 1. The summed E-state index contributed by atoms with van der Waals surface area (Å²) in [5.74, 6) is -0.610. The molecular weight excluding hydrogens is 662 g/mol. The maximum atomic E-state index is 13.5. The first kappa shape index (κ1) is 35.7. The highest BCUT2D eigenvalue weighted by molar-refractivity contribution is 7.90. The van der Waals surface area contributed by atoms with E-state index < -0.39 is 26.8 Å². The van der Waals surface area contributed by atoms with Crippen LogP contribution in [0.1, 0.15) is 87.7 Å². The van der Waals surface area contributed by atoms with Gasteiger partial charge >= 0.3 is 0 Å². The Morgan fingerprint density at radius 1 is 1.14 bits per heavy atom. The zero-order chi connectivity index (χ0) is 35.1. The van der Waals surface area contributed by atoms with Gasteiger partial charge in [-0.15, -0.1) is 0 Å². The van der Waals surface area contributed by atoms with Gasteiger partial charge in [-0.05, 0) is 119 Å². The van der Waals surface area contributed by atoms with Gasteiger partial charge in [0, 0.05) is 42.2 Å². The van der Waals surface area contributed by atoms with E-state index in [1.807, 2.05) is 32.9 Å². The van der Waals surface area contributed by atoms with Crippen molar-refractivity contribution in [2.24, 2.45) is 17.8 Å². The van der Waals surface area contributed by atoms with Crippen LogP contribution in [0.4, 0.5) is 5.69 Å². The minimum Gasteiger partial charge on any atom is -0.490 e. The molecule has 0 saturated heterocycles. The van der Waals surface area contributed by atoms with Crippen molar-refractivity contribution in [2.45, 2.75) is 88.9 Å². The van der Waals surface area contributed by atoms with E-state index in [4.69, 9.17) is 16.3 Å². The number of sulfonamides is 1. The number of aryl methyl sites for hydroxylation is 1. The molecule has 1 fully saturated rings. The van der Waals surface area contributed by atoms with Gasteiger partial charge in [0.15, 0.2) is 0 Å². The number of allylic oxidation sites excluding steroid dienone is 1. The molecule has 2 aromatic carbocycles. The molecule has 49 heavy (non-hydrogen) atoms. The number of carbonyl (C=O) groups excluding carboxylic acids is 2. The van der Waals surface area contributed by atoms with Crippen molar-refractivity contribution >= 4 is 39.1 Å². The average Bonchev–Trinajstić information content (AvgIpc) is 3.19. The van der Waals surface area contributed by atoms with Crippen LogP contribution in [0.25, 0.3) is 0 Å². The van der Waals surface area contributed by atoms with E-state index >= 15 is 0 Å². The summed E-state index contributed by atoms with van der Waals surface area (Å²) < 4.78 is 35.8. The summed E-state index contributed by atoms with van der Waals surface area (Å²) in [5.41, 5.74) is 1.65. The number of halogens is 1. The third kappa shape index (κ3) is 6.97. The predicted molar refractivity (Wildman–Crippen MR) is 193 cm³/mol. The fourth-order valence-electron chi connectivity index (χ4n) is 8.49. The molecule has 6 rings (SSSR count). The Bertz CT molecular complexity index is 1730. The number of nitrogens with one attached hydrogen (secondary N) is 1. The molecule has 2 aliphatic carbocycles. The standard InChI is InChI=1S/C38H50ClN3O6S/c1-5-41(6-2)35(43)21-38(45)18-7-9-25(3)26(4)49(46,47)40-36(44)28-12-16-34-33(20-28)42(22-29-11-14-32(29)38)23-37(24-48-34)17-8-10-27-19-30(39)13-15-31(27)37/h7,12-13,15-16,18-20,25-26,29,32,45H,5-6,8-11,14,17,21-24H2,1-4H3,(H,40,44)/b18-7+/t25-,26+,29-,32+,37-,38+/m0/s1. The molecule has 6 atom stereocenters. The lowest BCUT2D eigenvalue weighted by molar-refractivity contribution is -0.139. The zero-order valence-corrected chi connectivity index (χ0v) is 30.7. The van der Waals surface area contributed by atoms with Crippen LogP contribution in [0.5, 0.6) is 5.75 Å². The Hall–Kier alpha value is -3.08. The molecule has 2 bridgehead atoms. The van der Waals surface area contributed by atoms with Crippen LogP contribution < -0.4 is 14.4 Å². The maximum absolute atomic E-state index is 13.5. The number of hydrogen-bond donors (Lipinski definition) is 2. The topological polar surface area (TPSA) is 116 Å². The molecule has 2 aromatic rings. The van der Waals surface area contributed by atoms with Crippen LogP contribution in [0, 0.1) is 17.8 Å². The lowest BCUT2D eigenvalue weighted by Gasteiger charge is -2.49. The summed E-state index contributed by atoms with van der Waals surface area (Å²) in [6.45, 7) is 10.0. The first-order valence-corrected chi connectivity index (χ1v) is 19.8. The summed E-state index contributed by atoms with van der Waals surface area (Å²) in [5, 5.41) is 12.3. The van der Waals surface area contributed by atoms with Crippen LogP contribution in [0.15, 0.2) is 48.6 Å². The molecule has 1 spiro atoms. The molecule has 0 aromatic heterocycles. The largest absolute Gasteiger partial charge is 0.490 e. The van der Waals surface area contributed by atoms with Gasteiger partial charge in [-0.1, -0.05) is 36.7 Å². The maximum Gasteiger partial charge on any atom is 0.264 e. The van der Waals surface area contributed by atoms with Gasteiger partial charge in [-0.3, -0.25) is 9.59 Å². The SMILES string of the molecule is CCN(CC)C(=O)C[C@]1(O)/C=C/C[C@H](C)[C@@H](C)S(=O)(=O)NC(=O)c2ccc3c(c2)N(C[C@@H]2CC[C@H]21)C[C@@]1(CCCc2cc(Cl)ccc21)CO3. The molecule has 11 heteroatoms. The van der Waals surface area contributed by atoms with Gasteiger partial charge in [-0.2, -0.15) is 0 Å².